The van der Waals surface area contributed by atoms with Crippen molar-refractivity contribution >= 4 is 10.1 Å². The van der Waals surface area contributed by atoms with Gasteiger partial charge in [0, 0.05) is 5.56 Å². The highest BCUT2D eigenvalue weighted by Gasteiger charge is 2.31. The largest absolute Gasteiger partial charge is 0.506 e. The van der Waals surface area contributed by atoms with E-state index in [9.17, 15) is 18.1 Å². The van der Waals surface area contributed by atoms with E-state index in [4.69, 9.17) is 9.47 Å². The average Bonchev–Trinajstić information content (AvgIpc) is 2.38. The van der Waals surface area contributed by atoms with Crippen LogP contribution in [0.5, 0.6) is 17.2 Å². The normalized spacial score (nSPS) is 13.1. The van der Waals surface area contributed by atoms with Crippen molar-refractivity contribution < 1.29 is 27.6 Å². The van der Waals surface area contributed by atoms with Crippen molar-refractivity contribution in [2.45, 2.75) is 38.0 Å². The molecule has 0 saturated heterocycles. The second kappa shape index (κ2) is 5.88. The number of aromatic hydroxyl groups is 1. The van der Waals surface area contributed by atoms with Crippen LogP contribution in [-0.2, 0) is 10.1 Å². The van der Waals surface area contributed by atoms with Gasteiger partial charge in [-0.25, -0.2) is 0 Å². The molecule has 6 nitrogen and oxygen atoms in total. The van der Waals surface area contributed by atoms with Gasteiger partial charge in [0.15, 0.2) is 16.4 Å². The van der Waals surface area contributed by atoms with E-state index in [1.165, 1.54) is 14.2 Å². The molecule has 0 aliphatic heterocycles. The second-order valence-corrected chi connectivity index (χ2v) is 5.93. The van der Waals surface area contributed by atoms with Crippen LogP contribution in [0.15, 0.2) is 4.90 Å². The molecule has 1 rings (SSSR count). The zero-order chi connectivity index (χ0) is 15.7. The van der Waals surface area contributed by atoms with Crippen molar-refractivity contribution in [3.63, 3.8) is 0 Å². The van der Waals surface area contributed by atoms with Crippen molar-refractivity contribution in [2.75, 3.05) is 14.2 Å². The molecule has 7 heteroatoms. The van der Waals surface area contributed by atoms with E-state index in [0.717, 1.165) is 6.42 Å². The predicted molar refractivity (Wildman–Crippen MR) is 74.5 cm³/mol. The van der Waals surface area contributed by atoms with Crippen molar-refractivity contribution in [3.05, 3.63) is 11.1 Å². The van der Waals surface area contributed by atoms with Gasteiger partial charge in [-0.2, -0.15) is 8.42 Å². The molecule has 1 unspecified atom stereocenters. The number of phenolic OH excluding ortho intramolecular Hbond substituents is 1. The zero-order valence-corrected chi connectivity index (χ0v) is 13.0. The lowest BCUT2D eigenvalue weighted by molar-refractivity contribution is 0.330. The van der Waals surface area contributed by atoms with Gasteiger partial charge in [0.1, 0.15) is 5.75 Å². The molecule has 0 bridgehead atoms. The van der Waals surface area contributed by atoms with Crippen molar-refractivity contribution in [1.82, 2.24) is 0 Å². The Bertz CT molecular complexity index is 606. The molecule has 0 fully saturated rings. The van der Waals surface area contributed by atoms with Crippen molar-refractivity contribution in [1.29, 1.82) is 0 Å². The first-order chi connectivity index (χ1) is 9.20. The minimum atomic E-state index is -4.64. The van der Waals surface area contributed by atoms with E-state index in [1.54, 1.807) is 6.92 Å². The predicted octanol–water partition coefficient (Wildman–Crippen LogP) is 2.48. The Morgan fingerprint density at radius 2 is 1.70 bits per heavy atom. The minimum absolute atomic E-state index is 0.0280. The Kier molecular flexibility index (Phi) is 4.88. The van der Waals surface area contributed by atoms with Gasteiger partial charge in [-0.1, -0.05) is 13.8 Å². The lowest BCUT2D eigenvalue weighted by atomic mass is 9.92. The van der Waals surface area contributed by atoms with Crippen molar-refractivity contribution in [2.24, 2.45) is 0 Å². The molecule has 0 amide bonds. The lowest BCUT2D eigenvalue weighted by Crippen LogP contribution is -2.09. The van der Waals surface area contributed by atoms with Gasteiger partial charge < -0.3 is 14.6 Å². The topological polar surface area (TPSA) is 93.1 Å². The smallest absolute Gasteiger partial charge is 0.302 e. The highest BCUT2D eigenvalue weighted by atomic mass is 32.2. The van der Waals surface area contributed by atoms with Gasteiger partial charge in [-0.15, -0.1) is 0 Å². The molecule has 114 valence electrons. The third kappa shape index (κ3) is 2.69. The van der Waals surface area contributed by atoms with Crippen LogP contribution in [0.25, 0.3) is 0 Å². The maximum absolute atomic E-state index is 11.5. The lowest BCUT2D eigenvalue weighted by Gasteiger charge is -2.22. The molecule has 20 heavy (non-hydrogen) atoms. The fourth-order valence-corrected chi connectivity index (χ4v) is 3.03. The molecule has 0 aliphatic rings. The first kappa shape index (κ1) is 16.6. The molecule has 1 aromatic carbocycles. The highest BCUT2D eigenvalue weighted by Crippen LogP contribution is 2.48. The fourth-order valence-electron chi connectivity index (χ4n) is 2.23. The molecule has 0 heterocycles. The average molecular weight is 304 g/mol. The number of hydrogen-bond acceptors (Lipinski definition) is 5. The van der Waals surface area contributed by atoms with Crippen LogP contribution in [0, 0.1) is 6.92 Å². The van der Waals surface area contributed by atoms with Gasteiger partial charge >= 0.3 is 10.1 Å². The quantitative estimate of drug-likeness (QED) is 0.812. The standard InChI is InChI=1S/C13H20O6S/c1-6-7(2)9-8(3)10(14)13(20(15,16)17)12(19-5)11(9)18-4/h7,14H,6H2,1-5H3,(H,15,16,17). The molecule has 0 aromatic heterocycles. The summed E-state index contributed by atoms with van der Waals surface area (Å²) in [5.74, 6) is -0.459. The number of benzene rings is 1. The Morgan fingerprint density at radius 1 is 1.20 bits per heavy atom. The Hall–Kier alpha value is -1.47. The van der Waals surface area contributed by atoms with E-state index in [-0.39, 0.29) is 17.4 Å². The van der Waals surface area contributed by atoms with Gasteiger partial charge in [-0.3, -0.25) is 4.55 Å². The van der Waals surface area contributed by atoms with Crippen LogP contribution in [0.4, 0.5) is 0 Å². The fraction of sp³-hybridized carbons (Fsp3) is 0.538. The Labute approximate surface area is 119 Å². The van der Waals surface area contributed by atoms with Crippen LogP contribution in [0.2, 0.25) is 0 Å². The SMILES string of the molecule is CCC(C)c1c(C)c(O)c(S(=O)(=O)O)c(OC)c1OC. The maximum Gasteiger partial charge on any atom is 0.302 e. The molecule has 1 atom stereocenters. The van der Waals surface area contributed by atoms with Gasteiger partial charge in [0.2, 0.25) is 0 Å². The maximum atomic E-state index is 11.5. The number of ether oxygens (including phenoxy) is 2. The molecule has 0 saturated carbocycles. The summed E-state index contributed by atoms with van der Waals surface area (Å²) >= 11 is 0. The molecule has 0 spiro atoms. The zero-order valence-electron chi connectivity index (χ0n) is 12.2. The molecular weight excluding hydrogens is 284 g/mol. The van der Waals surface area contributed by atoms with E-state index >= 15 is 0 Å². The first-order valence-corrected chi connectivity index (χ1v) is 7.59. The molecular formula is C13H20O6S. The summed E-state index contributed by atoms with van der Waals surface area (Å²) in [6.07, 6.45) is 0.769. The monoisotopic (exact) mass is 304 g/mol. The molecule has 2 N–H and O–H groups in total. The van der Waals surface area contributed by atoms with Gasteiger partial charge in [0.25, 0.3) is 0 Å². The van der Waals surface area contributed by atoms with Gasteiger partial charge in [-0.05, 0) is 24.8 Å². The third-order valence-corrected chi connectivity index (χ3v) is 4.30. The second-order valence-electron chi connectivity index (χ2n) is 4.57. The van der Waals surface area contributed by atoms with Crippen LogP contribution in [-0.4, -0.2) is 32.3 Å². The molecule has 0 radical (unpaired) electrons. The summed E-state index contributed by atoms with van der Waals surface area (Å²) in [6.45, 7) is 5.47. The number of hydrogen-bond donors (Lipinski definition) is 2. The minimum Gasteiger partial charge on any atom is -0.506 e. The Morgan fingerprint density at radius 3 is 2.05 bits per heavy atom. The third-order valence-electron chi connectivity index (χ3n) is 3.40. The van der Waals surface area contributed by atoms with Gasteiger partial charge in [0.05, 0.1) is 14.2 Å². The Balaban J connectivity index is 3.92. The summed E-state index contributed by atoms with van der Waals surface area (Å²) < 4.78 is 42.5. The van der Waals surface area contributed by atoms with Crippen LogP contribution in [0.3, 0.4) is 0 Å². The summed E-state index contributed by atoms with van der Waals surface area (Å²) in [5, 5.41) is 10.1. The van der Waals surface area contributed by atoms with Crippen molar-refractivity contribution in [3.8, 4) is 17.2 Å². The van der Waals surface area contributed by atoms with E-state index in [2.05, 4.69) is 0 Å². The number of rotatable bonds is 5. The molecule has 0 aliphatic carbocycles. The van der Waals surface area contributed by atoms with E-state index in [0.29, 0.717) is 11.1 Å². The number of methoxy groups -OCH3 is 2. The summed E-state index contributed by atoms with van der Waals surface area (Å²) in [4.78, 5) is -0.665. The first-order valence-electron chi connectivity index (χ1n) is 6.15. The summed E-state index contributed by atoms with van der Waals surface area (Å²) in [7, 11) is -2.00. The van der Waals surface area contributed by atoms with Crippen LogP contribution < -0.4 is 9.47 Å². The highest BCUT2D eigenvalue weighted by molar-refractivity contribution is 7.86. The summed E-state index contributed by atoms with van der Waals surface area (Å²) in [6, 6.07) is 0. The molecule has 1 aromatic rings. The van der Waals surface area contributed by atoms with E-state index < -0.39 is 20.8 Å². The summed E-state index contributed by atoms with van der Waals surface area (Å²) in [5.41, 5.74) is 1.02. The van der Waals surface area contributed by atoms with Crippen LogP contribution in [0.1, 0.15) is 37.3 Å². The van der Waals surface area contributed by atoms with Crippen LogP contribution >= 0.6 is 0 Å². The van der Waals surface area contributed by atoms with E-state index in [1.807, 2.05) is 13.8 Å². The number of phenols is 1.